The first-order chi connectivity index (χ1) is 11.4. The van der Waals surface area contributed by atoms with Crippen molar-refractivity contribution in [3.05, 3.63) is 60.3 Å². The molecule has 0 aliphatic rings. The van der Waals surface area contributed by atoms with Crippen LogP contribution in [0.5, 0.6) is 0 Å². The standard InChI is InChI=1S/C20H22N2OS/c1-20(2,3)24(23)21-13-15-10-11-17-18(14-22(4)19(17)12-15)16-8-6-5-7-9-16/h5-14H,1-4H3/t24-/m1/s1. The summed E-state index contributed by atoms with van der Waals surface area (Å²) in [5.74, 6) is 0. The Bertz CT molecular complexity index is 876. The van der Waals surface area contributed by atoms with Crippen LogP contribution in [-0.4, -0.2) is 20.1 Å². The van der Waals surface area contributed by atoms with Crippen LogP contribution in [0.25, 0.3) is 22.0 Å². The smallest absolute Gasteiger partial charge is 0.144 e. The molecule has 0 fully saturated rings. The second kappa shape index (κ2) is 6.46. The zero-order valence-electron chi connectivity index (χ0n) is 14.5. The van der Waals surface area contributed by atoms with E-state index in [4.69, 9.17) is 0 Å². The quantitative estimate of drug-likeness (QED) is 0.503. The zero-order chi connectivity index (χ0) is 17.3. The van der Waals surface area contributed by atoms with Gasteiger partial charge in [0.25, 0.3) is 0 Å². The largest absolute Gasteiger partial charge is 0.591 e. The van der Waals surface area contributed by atoms with Gasteiger partial charge in [0.1, 0.15) is 16.1 Å². The zero-order valence-corrected chi connectivity index (χ0v) is 15.3. The maximum absolute atomic E-state index is 12.1. The molecular formula is C20H22N2OS. The summed E-state index contributed by atoms with van der Waals surface area (Å²) in [6.45, 7) is 5.77. The van der Waals surface area contributed by atoms with Crippen LogP contribution in [0.4, 0.5) is 0 Å². The number of hydrogen-bond acceptors (Lipinski definition) is 2. The molecule has 0 spiro atoms. The van der Waals surface area contributed by atoms with Crippen LogP contribution in [0.15, 0.2) is 59.1 Å². The number of rotatable bonds is 3. The Labute approximate surface area is 146 Å². The van der Waals surface area contributed by atoms with Gasteiger partial charge in [-0.25, -0.2) is 0 Å². The fraction of sp³-hybridized carbons (Fsp3) is 0.250. The molecule has 0 radical (unpaired) electrons. The lowest BCUT2D eigenvalue weighted by Crippen LogP contribution is -2.25. The average molecular weight is 338 g/mol. The van der Waals surface area contributed by atoms with Gasteiger partial charge in [-0.15, -0.1) is 0 Å². The predicted octanol–water partition coefficient (Wildman–Crippen LogP) is 4.73. The van der Waals surface area contributed by atoms with Crippen molar-refractivity contribution in [1.82, 2.24) is 4.57 Å². The molecule has 0 aliphatic carbocycles. The minimum absolute atomic E-state index is 0.341. The Hall–Kier alpha value is -2.04. The number of aromatic nitrogens is 1. The highest BCUT2D eigenvalue weighted by Gasteiger charge is 2.25. The number of hydrogen-bond donors (Lipinski definition) is 0. The molecule has 0 N–H and O–H groups in total. The molecule has 1 atom stereocenters. The van der Waals surface area contributed by atoms with E-state index in [1.807, 2.05) is 40.0 Å². The molecular weight excluding hydrogens is 316 g/mol. The second-order valence-corrected chi connectivity index (χ2v) is 8.83. The number of benzene rings is 2. The van der Waals surface area contributed by atoms with E-state index < -0.39 is 11.4 Å². The molecule has 0 bridgehead atoms. The first-order valence-corrected chi connectivity index (χ1v) is 9.07. The van der Waals surface area contributed by atoms with Crippen LogP contribution in [-0.2, 0) is 18.4 Å². The second-order valence-electron chi connectivity index (χ2n) is 6.89. The summed E-state index contributed by atoms with van der Waals surface area (Å²) in [6.07, 6.45) is 3.85. The van der Waals surface area contributed by atoms with E-state index in [9.17, 15) is 4.55 Å². The highest BCUT2D eigenvalue weighted by Crippen LogP contribution is 2.30. The molecule has 0 saturated carbocycles. The minimum atomic E-state index is -1.24. The Morgan fingerprint density at radius 1 is 1.08 bits per heavy atom. The summed E-state index contributed by atoms with van der Waals surface area (Å²) >= 11 is -1.24. The molecule has 1 heterocycles. The van der Waals surface area contributed by atoms with Crippen molar-refractivity contribution < 1.29 is 4.55 Å². The predicted molar refractivity (Wildman–Crippen MR) is 104 cm³/mol. The van der Waals surface area contributed by atoms with Crippen LogP contribution in [0, 0.1) is 0 Å². The Kier molecular flexibility index (Phi) is 4.52. The van der Waals surface area contributed by atoms with Gasteiger partial charge in [-0.3, -0.25) is 0 Å². The Morgan fingerprint density at radius 2 is 1.79 bits per heavy atom. The van der Waals surface area contributed by atoms with Gasteiger partial charge < -0.3 is 9.12 Å². The first-order valence-electron chi connectivity index (χ1n) is 7.97. The fourth-order valence-electron chi connectivity index (χ4n) is 2.60. The summed E-state index contributed by atoms with van der Waals surface area (Å²) in [6, 6.07) is 16.6. The summed E-state index contributed by atoms with van der Waals surface area (Å²) in [4.78, 5) is 0. The van der Waals surface area contributed by atoms with E-state index in [2.05, 4.69) is 51.6 Å². The van der Waals surface area contributed by atoms with Crippen molar-refractivity contribution >= 4 is 28.5 Å². The van der Waals surface area contributed by atoms with Gasteiger partial charge in [0, 0.05) is 29.7 Å². The summed E-state index contributed by atoms with van der Waals surface area (Å²) in [5.41, 5.74) is 4.52. The van der Waals surface area contributed by atoms with E-state index in [1.54, 1.807) is 6.21 Å². The van der Waals surface area contributed by atoms with Gasteiger partial charge in [0.2, 0.25) is 0 Å². The van der Waals surface area contributed by atoms with Gasteiger partial charge in [-0.05, 0) is 38.0 Å². The maximum Gasteiger partial charge on any atom is 0.144 e. The SMILES string of the molecule is Cn1cc(-c2ccccc2)c2ccc(C=N[S@+]([O-])C(C)(C)C)cc21. The Balaban J connectivity index is 1.99. The highest BCUT2D eigenvalue weighted by molar-refractivity contribution is 7.91. The van der Waals surface area contributed by atoms with E-state index in [-0.39, 0.29) is 4.75 Å². The molecule has 24 heavy (non-hydrogen) atoms. The summed E-state index contributed by atoms with van der Waals surface area (Å²) < 4.78 is 18.1. The van der Waals surface area contributed by atoms with Crippen molar-refractivity contribution in [1.29, 1.82) is 0 Å². The van der Waals surface area contributed by atoms with Gasteiger partial charge in [-0.1, -0.05) is 46.9 Å². The van der Waals surface area contributed by atoms with E-state index in [1.165, 1.54) is 16.5 Å². The van der Waals surface area contributed by atoms with Gasteiger partial charge in [0.05, 0.1) is 6.21 Å². The van der Waals surface area contributed by atoms with Crippen molar-refractivity contribution in [2.45, 2.75) is 25.5 Å². The molecule has 4 heteroatoms. The molecule has 3 rings (SSSR count). The first kappa shape index (κ1) is 16.8. The lowest BCUT2D eigenvalue weighted by molar-refractivity contribution is 0.562. The number of nitrogens with zero attached hydrogens (tertiary/aromatic N) is 2. The summed E-state index contributed by atoms with van der Waals surface area (Å²) in [7, 11) is 2.04. The molecule has 124 valence electrons. The molecule has 0 saturated heterocycles. The number of aryl methyl sites for hydroxylation is 1. The van der Waals surface area contributed by atoms with Crippen molar-refractivity contribution in [2.24, 2.45) is 11.4 Å². The minimum Gasteiger partial charge on any atom is -0.591 e. The van der Waals surface area contributed by atoms with Crippen LogP contribution < -0.4 is 0 Å². The molecule has 3 nitrogen and oxygen atoms in total. The lowest BCUT2D eigenvalue weighted by atomic mass is 10.0. The molecule has 1 aromatic heterocycles. The Morgan fingerprint density at radius 3 is 2.46 bits per heavy atom. The van der Waals surface area contributed by atoms with E-state index >= 15 is 0 Å². The maximum atomic E-state index is 12.1. The van der Waals surface area contributed by atoms with Crippen molar-refractivity contribution in [3.63, 3.8) is 0 Å². The monoisotopic (exact) mass is 338 g/mol. The third-order valence-corrected chi connectivity index (χ3v) is 5.27. The van der Waals surface area contributed by atoms with E-state index in [0.717, 1.165) is 11.1 Å². The molecule has 3 aromatic rings. The fourth-order valence-corrected chi connectivity index (χ4v) is 3.13. The molecule has 0 unspecified atom stereocenters. The van der Waals surface area contributed by atoms with Crippen LogP contribution in [0.1, 0.15) is 26.3 Å². The van der Waals surface area contributed by atoms with Crippen molar-refractivity contribution in [2.75, 3.05) is 0 Å². The van der Waals surface area contributed by atoms with Crippen LogP contribution >= 0.6 is 0 Å². The summed E-state index contributed by atoms with van der Waals surface area (Å²) in [5, 5.41) is 1.21. The van der Waals surface area contributed by atoms with Crippen LogP contribution in [0.2, 0.25) is 0 Å². The number of fused-ring (bicyclic) bond motifs is 1. The van der Waals surface area contributed by atoms with Gasteiger partial charge in [-0.2, -0.15) is 0 Å². The topological polar surface area (TPSA) is 40.3 Å². The average Bonchev–Trinajstić information content (AvgIpc) is 2.89. The van der Waals surface area contributed by atoms with Crippen LogP contribution in [0.3, 0.4) is 0 Å². The normalized spacial score (nSPS) is 13.7. The van der Waals surface area contributed by atoms with Gasteiger partial charge in [0.15, 0.2) is 0 Å². The highest BCUT2D eigenvalue weighted by atomic mass is 32.2. The third kappa shape index (κ3) is 3.40. The molecule has 0 amide bonds. The lowest BCUT2D eigenvalue weighted by Gasteiger charge is -2.17. The van der Waals surface area contributed by atoms with Gasteiger partial charge >= 0.3 is 0 Å². The molecule has 2 aromatic carbocycles. The molecule has 0 aliphatic heterocycles. The van der Waals surface area contributed by atoms with Crippen molar-refractivity contribution in [3.8, 4) is 11.1 Å². The van der Waals surface area contributed by atoms with E-state index in [0.29, 0.717) is 0 Å². The third-order valence-electron chi connectivity index (χ3n) is 3.92.